The van der Waals surface area contributed by atoms with Crippen molar-refractivity contribution in [1.29, 1.82) is 0 Å². The summed E-state index contributed by atoms with van der Waals surface area (Å²) in [5.41, 5.74) is 1.33. The molecule has 1 nitrogen and oxygen atoms in total. The smallest absolute Gasteiger partial charge is 0.0154 e. The van der Waals surface area contributed by atoms with Crippen molar-refractivity contribution in [2.24, 2.45) is 0 Å². The molecule has 1 heteroatoms. The van der Waals surface area contributed by atoms with E-state index in [0.29, 0.717) is 0 Å². The van der Waals surface area contributed by atoms with Crippen LogP contribution in [-0.2, 0) is 6.42 Å². The largest absolute Gasteiger partial charge is 0.306 e. The van der Waals surface area contributed by atoms with E-state index in [1.807, 2.05) is 44.4 Å². The summed E-state index contributed by atoms with van der Waals surface area (Å²) < 4.78 is 0. The molecule has 82 valence electrons. The van der Waals surface area contributed by atoms with Gasteiger partial charge in [-0.3, -0.25) is 0 Å². The van der Waals surface area contributed by atoms with Crippen molar-refractivity contribution >= 4 is 0 Å². The Morgan fingerprint density at radius 1 is 1.07 bits per heavy atom. The fourth-order valence-corrected chi connectivity index (χ4v) is 1.04. The summed E-state index contributed by atoms with van der Waals surface area (Å²) in [5.74, 6) is 0. The normalized spacial score (nSPS) is 9.00. The molecule has 0 spiro atoms. The molecule has 15 heavy (non-hydrogen) atoms. The van der Waals surface area contributed by atoms with E-state index in [1.54, 1.807) is 0 Å². The first-order chi connectivity index (χ1) is 7.20. The predicted molar refractivity (Wildman–Crippen MR) is 69.1 cm³/mol. The van der Waals surface area contributed by atoms with Crippen LogP contribution in [0.1, 0.15) is 5.56 Å². The van der Waals surface area contributed by atoms with Crippen LogP contribution < -0.4 is 0 Å². The maximum atomic E-state index is 3.66. The molecular weight excluding hydrogens is 182 g/mol. The zero-order valence-electron chi connectivity index (χ0n) is 9.82. The molecule has 0 heterocycles. The second kappa shape index (κ2) is 9.22. The second-order valence-corrected chi connectivity index (χ2v) is 3.53. The Balaban J connectivity index is 0.000000288. The lowest BCUT2D eigenvalue weighted by Crippen LogP contribution is -2.09. The Hall–Kier alpha value is -1.34. The number of hydrogen-bond acceptors (Lipinski definition) is 1. The van der Waals surface area contributed by atoms with Gasteiger partial charge in [0.25, 0.3) is 0 Å². The average Bonchev–Trinajstić information content (AvgIpc) is 2.20. The van der Waals surface area contributed by atoms with Crippen LogP contribution in [-0.4, -0.2) is 25.5 Å². The number of nitrogens with zero attached hydrogens (tertiary/aromatic N) is 1. The maximum absolute atomic E-state index is 3.66. The van der Waals surface area contributed by atoms with Crippen molar-refractivity contribution in [1.82, 2.24) is 4.90 Å². The molecule has 0 aliphatic rings. The minimum Gasteiger partial charge on any atom is -0.306 e. The van der Waals surface area contributed by atoms with Crippen LogP contribution in [0.4, 0.5) is 0 Å². The highest BCUT2D eigenvalue weighted by molar-refractivity contribution is 5.16. The Morgan fingerprint density at radius 3 is 2.00 bits per heavy atom. The molecule has 0 aromatic heterocycles. The van der Waals surface area contributed by atoms with Crippen molar-refractivity contribution in [3.8, 4) is 0 Å². The summed E-state index contributed by atoms with van der Waals surface area (Å²) in [6.45, 7) is 8.19. The van der Waals surface area contributed by atoms with E-state index in [9.17, 15) is 0 Å². The Bertz CT molecular complexity index is 262. The van der Waals surface area contributed by atoms with Crippen molar-refractivity contribution < 1.29 is 0 Å². The van der Waals surface area contributed by atoms with Crippen LogP contribution in [0.15, 0.2) is 55.6 Å². The molecule has 0 unspecified atom stereocenters. The molecule has 0 saturated heterocycles. The van der Waals surface area contributed by atoms with Gasteiger partial charge in [-0.2, -0.15) is 0 Å². The molecule has 0 bridgehead atoms. The van der Waals surface area contributed by atoms with E-state index >= 15 is 0 Å². The van der Waals surface area contributed by atoms with Gasteiger partial charge in [-0.1, -0.05) is 42.5 Å². The summed E-state index contributed by atoms with van der Waals surface area (Å²) in [7, 11) is 4.03. The third-order valence-corrected chi connectivity index (χ3v) is 1.72. The van der Waals surface area contributed by atoms with Gasteiger partial charge in [-0.25, -0.2) is 0 Å². The van der Waals surface area contributed by atoms with Gasteiger partial charge in [-0.05, 0) is 26.1 Å². The lowest BCUT2D eigenvalue weighted by Gasteiger charge is -2.01. The predicted octanol–water partition coefficient (Wildman–Crippen LogP) is 3.15. The topological polar surface area (TPSA) is 3.24 Å². The number of allylic oxidation sites excluding steroid dienone is 1. The van der Waals surface area contributed by atoms with Crippen LogP contribution in [0.2, 0.25) is 0 Å². The molecule has 0 radical (unpaired) electrons. The third-order valence-electron chi connectivity index (χ3n) is 1.72. The fraction of sp³-hybridized carbons (Fsp3) is 0.286. The highest BCUT2D eigenvalue weighted by Gasteiger charge is 1.82. The lowest BCUT2D eigenvalue weighted by atomic mass is 10.2. The van der Waals surface area contributed by atoms with Gasteiger partial charge < -0.3 is 4.90 Å². The van der Waals surface area contributed by atoms with Gasteiger partial charge in [0.2, 0.25) is 0 Å². The van der Waals surface area contributed by atoms with Gasteiger partial charge >= 0.3 is 0 Å². The first-order valence-electron chi connectivity index (χ1n) is 5.11. The van der Waals surface area contributed by atoms with Crippen LogP contribution in [0.3, 0.4) is 0 Å². The SMILES string of the molecule is C=CCN(C)C.C=CCc1ccccc1. The average molecular weight is 203 g/mol. The quantitative estimate of drug-likeness (QED) is 0.679. The molecule has 0 atom stereocenters. The monoisotopic (exact) mass is 203 g/mol. The van der Waals surface area contributed by atoms with Crippen LogP contribution >= 0.6 is 0 Å². The molecule has 0 aliphatic heterocycles. The van der Waals surface area contributed by atoms with Crippen molar-refractivity contribution in [3.63, 3.8) is 0 Å². The lowest BCUT2D eigenvalue weighted by molar-refractivity contribution is 0.457. The molecular formula is C14H21N. The molecule has 1 aromatic carbocycles. The van der Waals surface area contributed by atoms with Crippen LogP contribution in [0, 0.1) is 0 Å². The number of rotatable bonds is 4. The zero-order valence-corrected chi connectivity index (χ0v) is 9.82. The molecule has 0 amide bonds. The summed E-state index contributed by atoms with van der Waals surface area (Å²) in [4.78, 5) is 2.06. The van der Waals surface area contributed by atoms with Gasteiger partial charge in [0.1, 0.15) is 0 Å². The van der Waals surface area contributed by atoms with E-state index in [4.69, 9.17) is 0 Å². The van der Waals surface area contributed by atoms with E-state index in [-0.39, 0.29) is 0 Å². The molecule has 0 fully saturated rings. The summed E-state index contributed by atoms with van der Waals surface area (Å²) in [6.07, 6.45) is 4.76. The first kappa shape index (κ1) is 13.7. The minimum atomic E-state index is 0.972. The molecule has 1 aromatic rings. The molecule has 0 saturated carbocycles. The highest BCUT2D eigenvalue weighted by Crippen LogP contribution is 1.98. The standard InChI is InChI=1S/C9H10.C5H11N/c1-2-6-9-7-4-3-5-8-9;1-4-5-6(2)3/h2-5,7-8H,1,6H2;4H,1,5H2,2-3H3. The van der Waals surface area contributed by atoms with E-state index in [1.165, 1.54) is 5.56 Å². The molecule has 0 N–H and O–H groups in total. The van der Waals surface area contributed by atoms with Gasteiger partial charge in [0.05, 0.1) is 0 Å². The Kier molecular flexibility index (Phi) is 8.40. The second-order valence-electron chi connectivity index (χ2n) is 3.53. The first-order valence-corrected chi connectivity index (χ1v) is 5.11. The number of benzene rings is 1. The molecule has 1 rings (SSSR count). The number of hydrogen-bond donors (Lipinski definition) is 0. The minimum absolute atomic E-state index is 0.972. The van der Waals surface area contributed by atoms with Gasteiger partial charge in [0, 0.05) is 6.54 Å². The van der Waals surface area contributed by atoms with E-state index in [2.05, 4.69) is 30.2 Å². The van der Waals surface area contributed by atoms with Gasteiger partial charge in [0.15, 0.2) is 0 Å². The van der Waals surface area contributed by atoms with Crippen LogP contribution in [0.5, 0.6) is 0 Å². The molecule has 0 aliphatic carbocycles. The van der Waals surface area contributed by atoms with Crippen molar-refractivity contribution in [3.05, 3.63) is 61.2 Å². The van der Waals surface area contributed by atoms with Crippen LogP contribution in [0.25, 0.3) is 0 Å². The van der Waals surface area contributed by atoms with E-state index < -0.39 is 0 Å². The Morgan fingerprint density at radius 2 is 1.67 bits per heavy atom. The highest BCUT2D eigenvalue weighted by atomic mass is 15.0. The van der Waals surface area contributed by atoms with Gasteiger partial charge in [-0.15, -0.1) is 13.2 Å². The fourth-order valence-electron chi connectivity index (χ4n) is 1.04. The third kappa shape index (κ3) is 8.98. The van der Waals surface area contributed by atoms with Crippen molar-refractivity contribution in [2.75, 3.05) is 20.6 Å². The maximum Gasteiger partial charge on any atom is 0.0154 e. The Labute approximate surface area is 93.7 Å². The summed E-state index contributed by atoms with van der Waals surface area (Å²) in [6, 6.07) is 10.3. The van der Waals surface area contributed by atoms with E-state index in [0.717, 1.165) is 13.0 Å². The summed E-state index contributed by atoms with van der Waals surface area (Å²) >= 11 is 0. The number of likely N-dealkylation sites (N-methyl/N-ethyl adjacent to an activating group) is 1. The summed E-state index contributed by atoms with van der Waals surface area (Å²) in [5, 5.41) is 0. The van der Waals surface area contributed by atoms with Crippen molar-refractivity contribution in [2.45, 2.75) is 6.42 Å². The zero-order chi connectivity index (χ0) is 11.5.